The topological polar surface area (TPSA) is 26.0 Å². The van der Waals surface area contributed by atoms with Gasteiger partial charge in [0, 0.05) is 12.3 Å². The minimum atomic E-state index is 0. The smallest absolute Gasteiger partial charge is 0.330 e. The summed E-state index contributed by atoms with van der Waals surface area (Å²) >= 11 is 3.80. The molecule has 0 aromatic rings. The Bertz CT molecular complexity index is 11.6. The molecule has 0 heterocycles. The van der Waals surface area contributed by atoms with Gasteiger partial charge in [-0.3, -0.25) is 0 Å². The molecule has 0 unspecified atom stereocenters. The Kier molecular flexibility index (Phi) is 16.4. The van der Waals surface area contributed by atoms with Crippen LogP contribution in [0.4, 0.5) is 0 Å². The van der Waals surface area contributed by atoms with E-state index in [1.54, 1.807) is 0 Å². The molecule has 0 aliphatic carbocycles. The molecule has 32 valence electrons. The van der Waals surface area contributed by atoms with Gasteiger partial charge in [-0.1, -0.05) is 0 Å². The monoisotopic (exact) mass is 133 g/mol. The van der Waals surface area contributed by atoms with Crippen molar-refractivity contribution in [3.05, 3.63) is 0 Å². The summed E-state index contributed by atoms with van der Waals surface area (Å²) < 4.78 is 0. The fraction of sp³-hybridized carbons (Fsp3) is 1.00. The molecule has 0 rings (SSSR count). The molecule has 0 bridgehead atoms. The van der Waals surface area contributed by atoms with E-state index in [9.17, 15) is 0 Å². The Balaban J connectivity index is 0. The largest absolute Gasteiger partial charge is 2.00 e. The van der Waals surface area contributed by atoms with E-state index in [0.717, 1.165) is 5.75 Å². The Morgan fingerprint density at radius 1 is 1.60 bits per heavy atom. The molecule has 0 saturated carbocycles. The van der Waals surface area contributed by atoms with Crippen molar-refractivity contribution < 1.29 is 17.1 Å². The van der Waals surface area contributed by atoms with Crippen molar-refractivity contribution in [2.45, 2.75) is 0 Å². The quantitative estimate of drug-likeness (QED) is 0.378. The second-order valence-electron chi connectivity index (χ2n) is 0.512. The molecule has 0 aromatic heterocycles. The average molecular weight is 133 g/mol. The fourth-order valence-electron chi connectivity index (χ4n) is 0. The van der Waals surface area contributed by atoms with Crippen LogP contribution in [0.3, 0.4) is 0 Å². The molecule has 2 N–H and O–H groups in total. The molecular formula is C2H7FeNS+2. The van der Waals surface area contributed by atoms with Crippen LogP contribution in [-0.2, 0) is 17.1 Å². The number of rotatable bonds is 1. The maximum atomic E-state index is 4.95. The van der Waals surface area contributed by atoms with E-state index >= 15 is 0 Å². The third-order valence-corrected chi connectivity index (χ3v) is 0.387. The van der Waals surface area contributed by atoms with Gasteiger partial charge in [-0.05, 0) is 0 Å². The van der Waals surface area contributed by atoms with Crippen LogP contribution < -0.4 is 5.73 Å². The Morgan fingerprint density at radius 2 is 1.80 bits per heavy atom. The average Bonchev–Trinajstić information content (AvgIpc) is 1.37. The summed E-state index contributed by atoms with van der Waals surface area (Å²) in [6, 6.07) is 0. The minimum absolute atomic E-state index is 0. The number of thiol groups is 1. The van der Waals surface area contributed by atoms with Crippen molar-refractivity contribution in [1.82, 2.24) is 0 Å². The van der Waals surface area contributed by atoms with Gasteiger partial charge >= 0.3 is 17.1 Å². The molecule has 0 radical (unpaired) electrons. The summed E-state index contributed by atoms with van der Waals surface area (Å²) in [5, 5.41) is 0. The van der Waals surface area contributed by atoms with Gasteiger partial charge < -0.3 is 5.73 Å². The molecule has 3 heteroatoms. The van der Waals surface area contributed by atoms with Crippen molar-refractivity contribution in [1.29, 1.82) is 0 Å². The van der Waals surface area contributed by atoms with Crippen LogP contribution in [0.2, 0.25) is 0 Å². The van der Waals surface area contributed by atoms with Gasteiger partial charge in [0.2, 0.25) is 0 Å². The van der Waals surface area contributed by atoms with E-state index < -0.39 is 0 Å². The van der Waals surface area contributed by atoms with E-state index in [4.69, 9.17) is 5.73 Å². The van der Waals surface area contributed by atoms with Gasteiger partial charge in [-0.2, -0.15) is 12.6 Å². The van der Waals surface area contributed by atoms with Gasteiger partial charge in [-0.25, -0.2) is 0 Å². The molecule has 0 aromatic carbocycles. The first-order valence-electron chi connectivity index (χ1n) is 1.22. The normalized spacial score (nSPS) is 6.00. The minimum Gasteiger partial charge on any atom is -0.330 e. The summed E-state index contributed by atoms with van der Waals surface area (Å²) in [4.78, 5) is 0. The molecular weight excluding hydrogens is 126 g/mol. The van der Waals surface area contributed by atoms with Gasteiger partial charge in [0.05, 0.1) is 0 Å². The summed E-state index contributed by atoms with van der Waals surface area (Å²) in [5.74, 6) is 0.792. The van der Waals surface area contributed by atoms with E-state index in [1.807, 2.05) is 0 Å². The SMILES string of the molecule is NCCS.[Fe+2]. The molecule has 0 atom stereocenters. The molecule has 0 saturated heterocycles. The Hall–Kier alpha value is 0.829. The van der Waals surface area contributed by atoms with E-state index in [0.29, 0.717) is 6.54 Å². The Morgan fingerprint density at radius 3 is 1.80 bits per heavy atom. The van der Waals surface area contributed by atoms with Crippen LogP contribution in [0.1, 0.15) is 0 Å². The predicted octanol–water partition coefficient (Wildman–Crippen LogP) is -0.128. The summed E-state index contributed by atoms with van der Waals surface area (Å²) in [6.45, 7) is 0.684. The summed E-state index contributed by atoms with van der Waals surface area (Å²) in [7, 11) is 0. The van der Waals surface area contributed by atoms with Crippen molar-refractivity contribution in [3.63, 3.8) is 0 Å². The molecule has 0 aliphatic rings. The number of hydrogen-bond acceptors (Lipinski definition) is 2. The predicted molar refractivity (Wildman–Crippen MR) is 22.9 cm³/mol. The Labute approximate surface area is 48.2 Å². The second kappa shape index (κ2) is 8.85. The standard InChI is InChI=1S/C2H7NS.Fe/c3-1-2-4;/h4H,1-3H2;/q;+2. The zero-order valence-corrected chi connectivity index (χ0v) is 4.79. The number of nitrogens with two attached hydrogens (primary N) is 1. The van der Waals surface area contributed by atoms with Crippen LogP contribution in [-0.4, -0.2) is 12.3 Å². The third-order valence-electron chi connectivity index (χ3n) is 0.129. The second-order valence-corrected chi connectivity index (χ2v) is 0.959. The fourth-order valence-corrected chi connectivity index (χ4v) is 0. The van der Waals surface area contributed by atoms with Gasteiger partial charge in [0.1, 0.15) is 0 Å². The van der Waals surface area contributed by atoms with E-state index in [2.05, 4.69) is 12.6 Å². The molecule has 1 nitrogen and oxygen atoms in total. The van der Waals surface area contributed by atoms with Crippen LogP contribution >= 0.6 is 12.6 Å². The first kappa shape index (κ1) is 9.27. The molecule has 0 spiro atoms. The molecule has 0 aliphatic heterocycles. The maximum Gasteiger partial charge on any atom is 2.00 e. The van der Waals surface area contributed by atoms with Crippen LogP contribution in [0, 0.1) is 0 Å². The third kappa shape index (κ3) is 11.6. The van der Waals surface area contributed by atoms with Crippen LogP contribution in [0.25, 0.3) is 0 Å². The summed E-state index contributed by atoms with van der Waals surface area (Å²) in [5.41, 5.74) is 4.95. The van der Waals surface area contributed by atoms with Gasteiger partial charge in [0.15, 0.2) is 0 Å². The molecule has 0 amide bonds. The van der Waals surface area contributed by atoms with Crippen molar-refractivity contribution in [3.8, 4) is 0 Å². The first-order chi connectivity index (χ1) is 1.91. The van der Waals surface area contributed by atoms with Crippen molar-refractivity contribution >= 4 is 12.6 Å². The van der Waals surface area contributed by atoms with Crippen LogP contribution in [0.5, 0.6) is 0 Å². The zero-order chi connectivity index (χ0) is 3.41. The number of hydrogen-bond donors (Lipinski definition) is 2. The van der Waals surface area contributed by atoms with Gasteiger partial charge in [0.25, 0.3) is 0 Å². The molecule has 5 heavy (non-hydrogen) atoms. The first-order valence-corrected chi connectivity index (χ1v) is 1.86. The maximum absolute atomic E-state index is 4.95. The van der Waals surface area contributed by atoms with E-state index in [1.165, 1.54) is 0 Å². The van der Waals surface area contributed by atoms with Crippen molar-refractivity contribution in [2.24, 2.45) is 5.73 Å². The van der Waals surface area contributed by atoms with Gasteiger partial charge in [-0.15, -0.1) is 0 Å². The zero-order valence-electron chi connectivity index (χ0n) is 2.79. The van der Waals surface area contributed by atoms with E-state index in [-0.39, 0.29) is 17.1 Å². The summed E-state index contributed by atoms with van der Waals surface area (Å²) in [6.07, 6.45) is 0. The van der Waals surface area contributed by atoms with Crippen LogP contribution in [0.15, 0.2) is 0 Å². The van der Waals surface area contributed by atoms with Crippen molar-refractivity contribution in [2.75, 3.05) is 12.3 Å². The molecule has 0 fully saturated rings.